The first-order chi connectivity index (χ1) is 8.16. The number of ketones is 1. The minimum absolute atomic E-state index is 0.123. The predicted molar refractivity (Wildman–Crippen MR) is 75.5 cm³/mol. The van der Waals surface area contributed by atoms with E-state index in [4.69, 9.17) is 5.73 Å². The molecule has 0 aliphatic rings. The van der Waals surface area contributed by atoms with Gasteiger partial charge in [-0.15, -0.1) is 11.3 Å². The molecule has 1 aromatic carbocycles. The lowest BCUT2D eigenvalue weighted by Crippen LogP contribution is -2.02. The topological polar surface area (TPSA) is 43.1 Å². The van der Waals surface area contributed by atoms with E-state index in [0.29, 0.717) is 17.7 Å². The quantitative estimate of drug-likeness (QED) is 0.687. The molecule has 1 heterocycles. The fourth-order valence-corrected chi connectivity index (χ4v) is 2.76. The van der Waals surface area contributed by atoms with Gasteiger partial charge in [0.05, 0.1) is 0 Å². The number of hydrogen-bond acceptors (Lipinski definition) is 3. The SMILES string of the molecule is Nc1ccc(Br)c(C(=O)CCc2cccs2)c1. The van der Waals surface area contributed by atoms with Crippen LogP contribution in [0.4, 0.5) is 5.69 Å². The molecule has 1 aromatic heterocycles. The van der Waals surface area contributed by atoms with E-state index in [1.54, 1.807) is 23.5 Å². The van der Waals surface area contributed by atoms with Gasteiger partial charge in [0.1, 0.15) is 0 Å². The van der Waals surface area contributed by atoms with Crippen molar-refractivity contribution in [2.45, 2.75) is 12.8 Å². The number of Topliss-reactive ketones (excluding diaryl/α,β-unsaturated/α-hetero) is 1. The molecule has 0 saturated carbocycles. The van der Waals surface area contributed by atoms with Gasteiger partial charge in [0, 0.05) is 27.0 Å². The van der Waals surface area contributed by atoms with Crippen molar-refractivity contribution >= 4 is 38.7 Å². The number of benzene rings is 1. The molecule has 0 atom stereocenters. The number of nitrogens with two attached hydrogens (primary N) is 1. The highest BCUT2D eigenvalue weighted by atomic mass is 79.9. The summed E-state index contributed by atoms with van der Waals surface area (Å²) in [6, 6.07) is 9.36. The van der Waals surface area contributed by atoms with E-state index in [0.717, 1.165) is 10.9 Å². The Morgan fingerprint density at radius 2 is 2.18 bits per heavy atom. The highest BCUT2D eigenvalue weighted by molar-refractivity contribution is 9.10. The third-order valence-corrected chi connectivity index (χ3v) is 4.10. The van der Waals surface area contributed by atoms with Gasteiger partial charge >= 0.3 is 0 Å². The number of halogens is 1. The number of aryl methyl sites for hydroxylation is 1. The maximum Gasteiger partial charge on any atom is 0.164 e. The zero-order chi connectivity index (χ0) is 12.3. The van der Waals surface area contributed by atoms with Crippen LogP contribution in [0.1, 0.15) is 21.7 Å². The molecule has 0 aliphatic heterocycles. The van der Waals surface area contributed by atoms with Gasteiger partial charge in [-0.1, -0.05) is 22.0 Å². The second-order valence-corrected chi connectivity index (χ2v) is 5.63. The Balaban J connectivity index is 2.07. The summed E-state index contributed by atoms with van der Waals surface area (Å²) < 4.78 is 0.808. The Kier molecular flexibility index (Phi) is 3.97. The summed E-state index contributed by atoms with van der Waals surface area (Å²) in [4.78, 5) is 13.3. The zero-order valence-electron chi connectivity index (χ0n) is 9.15. The van der Waals surface area contributed by atoms with E-state index in [-0.39, 0.29) is 5.78 Å². The van der Waals surface area contributed by atoms with Crippen molar-refractivity contribution in [1.29, 1.82) is 0 Å². The van der Waals surface area contributed by atoms with E-state index in [9.17, 15) is 4.79 Å². The largest absolute Gasteiger partial charge is 0.399 e. The Hall–Kier alpha value is -1.13. The number of thiophene rings is 1. The Morgan fingerprint density at radius 1 is 1.35 bits per heavy atom. The molecule has 0 aliphatic carbocycles. The van der Waals surface area contributed by atoms with Crippen LogP contribution in [0, 0.1) is 0 Å². The van der Waals surface area contributed by atoms with Crippen LogP contribution in [-0.4, -0.2) is 5.78 Å². The van der Waals surface area contributed by atoms with Gasteiger partial charge in [-0.3, -0.25) is 4.79 Å². The molecule has 4 heteroatoms. The van der Waals surface area contributed by atoms with Crippen molar-refractivity contribution in [1.82, 2.24) is 0 Å². The van der Waals surface area contributed by atoms with Crippen molar-refractivity contribution in [2.75, 3.05) is 5.73 Å². The second-order valence-electron chi connectivity index (χ2n) is 3.74. The summed E-state index contributed by atoms with van der Waals surface area (Å²) in [5.41, 5.74) is 6.97. The van der Waals surface area contributed by atoms with Crippen LogP contribution in [0.25, 0.3) is 0 Å². The highest BCUT2D eigenvalue weighted by Gasteiger charge is 2.10. The first-order valence-corrected chi connectivity index (χ1v) is 6.94. The van der Waals surface area contributed by atoms with Crippen molar-refractivity contribution in [3.63, 3.8) is 0 Å². The third-order valence-electron chi connectivity index (χ3n) is 2.47. The molecule has 0 fully saturated rings. The molecule has 2 nitrogen and oxygen atoms in total. The zero-order valence-corrected chi connectivity index (χ0v) is 11.6. The van der Waals surface area contributed by atoms with Crippen molar-refractivity contribution in [3.8, 4) is 0 Å². The summed E-state index contributed by atoms with van der Waals surface area (Å²) in [6.45, 7) is 0. The predicted octanol–water partition coefficient (Wildman–Crippen LogP) is 3.91. The molecule has 0 saturated heterocycles. The van der Waals surface area contributed by atoms with Gasteiger partial charge in [-0.25, -0.2) is 0 Å². The van der Waals surface area contributed by atoms with Gasteiger partial charge < -0.3 is 5.73 Å². The summed E-state index contributed by atoms with van der Waals surface area (Å²) in [7, 11) is 0. The molecule has 0 radical (unpaired) electrons. The average molecular weight is 310 g/mol. The molecular formula is C13H12BrNOS. The number of nitrogen functional groups attached to an aromatic ring is 1. The molecule has 2 aromatic rings. The summed E-state index contributed by atoms with van der Waals surface area (Å²) in [5.74, 6) is 0.123. The van der Waals surface area contributed by atoms with Gasteiger partial charge in [0.25, 0.3) is 0 Å². The molecule has 88 valence electrons. The third kappa shape index (κ3) is 3.17. The van der Waals surface area contributed by atoms with Crippen LogP contribution in [0.3, 0.4) is 0 Å². The standard InChI is InChI=1S/C13H12BrNOS/c14-12-5-3-9(15)8-11(12)13(16)6-4-10-2-1-7-17-10/h1-3,5,7-8H,4,6,15H2. The lowest BCUT2D eigenvalue weighted by molar-refractivity contribution is 0.0982. The first kappa shape index (κ1) is 12.3. The average Bonchev–Trinajstić information content (AvgIpc) is 2.82. The van der Waals surface area contributed by atoms with Crippen LogP contribution in [0.15, 0.2) is 40.2 Å². The first-order valence-electron chi connectivity index (χ1n) is 5.27. The minimum atomic E-state index is 0.123. The van der Waals surface area contributed by atoms with Gasteiger partial charge in [0.15, 0.2) is 5.78 Å². The van der Waals surface area contributed by atoms with Crippen molar-refractivity contribution in [2.24, 2.45) is 0 Å². The smallest absolute Gasteiger partial charge is 0.164 e. The van der Waals surface area contributed by atoms with E-state index in [1.165, 1.54) is 4.88 Å². The maximum atomic E-state index is 12.0. The Labute approximate surface area is 113 Å². The fraction of sp³-hybridized carbons (Fsp3) is 0.154. The van der Waals surface area contributed by atoms with Crippen LogP contribution in [-0.2, 0) is 6.42 Å². The molecular weight excluding hydrogens is 298 g/mol. The van der Waals surface area contributed by atoms with Crippen LogP contribution in [0.2, 0.25) is 0 Å². The van der Waals surface area contributed by atoms with E-state index >= 15 is 0 Å². The lowest BCUT2D eigenvalue weighted by Gasteiger charge is -2.04. The van der Waals surface area contributed by atoms with E-state index < -0.39 is 0 Å². The van der Waals surface area contributed by atoms with E-state index in [2.05, 4.69) is 15.9 Å². The fourth-order valence-electron chi connectivity index (χ4n) is 1.58. The second kappa shape index (κ2) is 5.47. The lowest BCUT2D eigenvalue weighted by atomic mass is 10.1. The van der Waals surface area contributed by atoms with Crippen LogP contribution < -0.4 is 5.73 Å². The van der Waals surface area contributed by atoms with E-state index in [1.807, 2.05) is 23.6 Å². The number of carbonyl (C=O) groups is 1. The van der Waals surface area contributed by atoms with Gasteiger partial charge in [-0.2, -0.15) is 0 Å². The molecule has 0 bridgehead atoms. The van der Waals surface area contributed by atoms with Crippen molar-refractivity contribution < 1.29 is 4.79 Å². The van der Waals surface area contributed by atoms with Gasteiger partial charge in [0.2, 0.25) is 0 Å². The normalized spacial score (nSPS) is 10.4. The number of anilines is 1. The van der Waals surface area contributed by atoms with Crippen LogP contribution >= 0.6 is 27.3 Å². The van der Waals surface area contributed by atoms with Crippen LogP contribution in [0.5, 0.6) is 0 Å². The Bertz CT molecular complexity index is 522. The number of rotatable bonds is 4. The summed E-state index contributed by atoms with van der Waals surface area (Å²) in [6.07, 6.45) is 1.31. The monoisotopic (exact) mass is 309 g/mol. The van der Waals surface area contributed by atoms with Gasteiger partial charge in [-0.05, 0) is 36.1 Å². The molecule has 2 rings (SSSR count). The highest BCUT2D eigenvalue weighted by Crippen LogP contribution is 2.22. The molecule has 0 amide bonds. The maximum absolute atomic E-state index is 12.0. The molecule has 17 heavy (non-hydrogen) atoms. The van der Waals surface area contributed by atoms with Crippen molar-refractivity contribution in [3.05, 3.63) is 50.6 Å². The molecule has 0 spiro atoms. The minimum Gasteiger partial charge on any atom is -0.399 e. The number of hydrogen-bond donors (Lipinski definition) is 1. The summed E-state index contributed by atoms with van der Waals surface area (Å²) >= 11 is 5.05. The molecule has 2 N–H and O–H groups in total. The number of carbonyl (C=O) groups excluding carboxylic acids is 1. The summed E-state index contributed by atoms with van der Waals surface area (Å²) in [5, 5.41) is 2.02. The Morgan fingerprint density at radius 3 is 2.88 bits per heavy atom. The molecule has 0 unspecified atom stereocenters.